The van der Waals surface area contributed by atoms with Crippen LogP contribution in [0.3, 0.4) is 0 Å². The number of allylic oxidation sites excluding steroid dienone is 1. The number of hydrogen-bond donors (Lipinski definition) is 0. The second-order valence-electron chi connectivity index (χ2n) is 6.14. The first kappa shape index (κ1) is 15.5. The van der Waals surface area contributed by atoms with Crippen LogP contribution in [0.4, 0.5) is 0 Å². The van der Waals surface area contributed by atoms with Crippen LogP contribution in [0.1, 0.15) is 17.0 Å². The average Bonchev–Trinajstić information content (AvgIpc) is 3.22. The van der Waals surface area contributed by atoms with Crippen molar-refractivity contribution in [3.8, 4) is 11.1 Å². The molecule has 25 heavy (non-hydrogen) atoms. The fraction of sp³-hybridized carbons (Fsp3) is 0.130. The minimum atomic E-state index is 0.126. The summed E-state index contributed by atoms with van der Waals surface area (Å²) >= 11 is 0. The standard InChI is InChI=1S/C23H20O2/c1-3-9-18(10-4-1)15-22(23-16-24-17-25-23)21-14-8-7-13-20(21)19-11-5-2-6-12-19/h1-14,16,22H,15,17H2. The molecule has 1 heterocycles. The molecule has 0 aliphatic carbocycles. The topological polar surface area (TPSA) is 18.5 Å². The van der Waals surface area contributed by atoms with Gasteiger partial charge in [-0.15, -0.1) is 0 Å². The highest BCUT2D eigenvalue weighted by atomic mass is 16.7. The highest BCUT2D eigenvalue weighted by molar-refractivity contribution is 5.68. The molecule has 0 spiro atoms. The zero-order valence-corrected chi connectivity index (χ0v) is 14.0. The van der Waals surface area contributed by atoms with E-state index >= 15 is 0 Å². The van der Waals surface area contributed by atoms with Crippen molar-refractivity contribution < 1.29 is 9.47 Å². The van der Waals surface area contributed by atoms with Gasteiger partial charge in [-0.2, -0.15) is 0 Å². The minimum absolute atomic E-state index is 0.126. The van der Waals surface area contributed by atoms with Gasteiger partial charge in [0.1, 0.15) is 12.0 Å². The molecular formula is C23H20O2. The summed E-state index contributed by atoms with van der Waals surface area (Å²) in [6.45, 7) is 0.300. The van der Waals surface area contributed by atoms with Crippen LogP contribution in [0.2, 0.25) is 0 Å². The van der Waals surface area contributed by atoms with Crippen molar-refractivity contribution in [2.45, 2.75) is 12.3 Å². The molecular weight excluding hydrogens is 308 g/mol. The van der Waals surface area contributed by atoms with Crippen LogP contribution in [-0.2, 0) is 15.9 Å². The molecule has 0 saturated heterocycles. The summed E-state index contributed by atoms with van der Waals surface area (Å²) in [5.41, 5.74) is 5.00. The first-order valence-corrected chi connectivity index (χ1v) is 8.54. The van der Waals surface area contributed by atoms with E-state index < -0.39 is 0 Å². The predicted octanol–water partition coefficient (Wildman–Crippen LogP) is 5.53. The Morgan fingerprint density at radius 1 is 0.760 bits per heavy atom. The molecule has 4 rings (SSSR count). The van der Waals surface area contributed by atoms with E-state index in [-0.39, 0.29) is 5.92 Å². The first-order chi connectivity index (χ1) is 12.4. The van der Waals surface area contributed by atoms with Gasteiger partial charge in [-0.1, -0.05) is 84.9 Å². The number of rotatable bonds is 5. The van der Waals surface area contributed by atoms with Crippen molar-refractivity contribution in [3.05, 3.63) is 108 Å². The molecule has 0 bridgehead atoms. The smallest absolute Gasteiger partial charge is 0.229 e. The molecule has 1 atom stereocenters. The Kier molecular flexibility index (Phi) is 4.51. The maximum absolute atomic E-state index is 5.77. The quantitative estimate of drug-likeness (QED) is 0.613. The largest absolute Gasteiger partial charge is 0.462 e. The Balaban J connectivity index is 1.78. The van der Waals surface area contributed by atoms with Crippen molar-refractivity contribution in [2.24, 2.45) is 0 Å². The van der Waals surface area contributed by atoms with Gasteiger partial charge in [0.05, 0.1) is 0 Å². The van der Waals surface area contributed by atoms with Crippen molar-refractivity contribution in [3.63, 3.8) is 0 Å². The minimum Gasteiger partial charge on any atom is -0.462 e. The van der Waals surface area contributed by atoms with Gasteiger partial charge < -0.3 is 9.47 Å². The molecule has 3 aromatic carbocycles. The molecule has 0 aromatic heterocycles. The Morgan fingerprint density at radius 2 is 1.44 bits per heavy atom. The van der Waals surface area contributed by atoms with E-state index in [9.17, 15) is 0 Å². The van der Waals surface area contributed by atoms with Crippen LogP contribution in [0, 0.1) is 0 Å². The summed E-state index contributed by atoms with van der Waals surface area (Å²) in [5, 5.41) is 0. The summed E-state index contributed by atoms with van der Waals surface area (Å²) < 4.78 is 11.1. The van der Waals surface area contributed by atoms with Gasteiger partial charge in [-0.25, -0.2) is 0 Å². The Bertz CT molecular complexity index is 854. The van der Waals surface area contributed by atoms with Gasteiger partial charge in [-0.3, -0.25) is 0 Å². The van der Waals surface area contributed by atoms with E-state index in [1.165, 1.54) is 22.3 Å². The molecule has 2 nitrogen and oxygen atoms in total. The van der Waals surface area contributed by atoms with Crippen LogP contribution in [-0.4, -0.2) is 6.79 Å². The molecule has 2 heteroatoms. The van der Waals surface area contributed by atoms with E-state index in [1.54, 1.807) is 6.26 Å². The first-order valence-electron chi connectivity index (χ1n) is 8.54. The van der Waals surface area contributed by atoms with E-state index in [2.05, 4.69) is 72.8 Å². The molecule has 124 valence electrons. The molecule has 0 N–H and O–H groups in total. The maximum atomic E-state index is 5.77. The number of benzene rings is 3. The van der Waals surface area contributed by atoms with Gasteiger partial charge in [-0.05, 0) is 28.7 Å². The van der Waals surface area contributed by atoms with Gasteiger partial charge in [0.25, 0.3) is 0 Å². The highest BCUT2D eigenvalue weighted by Gasteiger charge is 2.25. The van der Waals surface area contributed by atoms with Gasteiger partial charge >= 0.3 is 0 Å². The lowest BCUT2D eigenvalue weighted by atomic mass is 9.85. The molecule has 0 saturated carbocycles. The van der Waals surface area contributed by atoms with Gasteiger partial charge in [0.2, 0.25) is 6.79 Å². The molecule has 1 unspecified atom stereocenters. The zero-order valence-electron chi connectivity index (χ0n) is 14.0. The molecule has 0 fully saturated rings. The normalized spacial score (nSPS) is 14.3. The van der Waals surface area contributed by atoms with E-state index in [4.69, 9.17) is 9.47 Å². The van der Waals surface area contributed by atoms with Crippen LogP contribution in [0.15, 0.2) is 97.0 Å². The second-order valence-corrected chi connectivity index (χ2v) is 6.14. The predicted molar refractivity (Wildman–Crippen MR) is 99.9 cm³/mol. The lowest BCUT2D eigenvalue weighted by Gasteiger charge is -2.21. The van der Waals surface area contributed by atoms with Crippen LogP contribution in [0.25, 0.3) is 11.1 Å². The Morgan fingerprint density at radius 3 is 2.16 bits per heavy atom. The van der Waals surface area contributed by atoms with Crippen LogP contribution >= 0.6 is 0 Å². The molecule has 1 aliphatic heterocycles. The maximum Gasteiger partial charge on any atom is 0.229 e. The SMILES string of the molecule is C1=C(C(Cc2ccccc2)c2ccccc2-c2ccccc2)OCO1. The van der Waals surface area contributed by atoms with E-state index in [0.29, 0.717) is 6.79 Å². The molecule has 0 radical (unpaired) electrons. The van der Waals surface area contributed by atoms with E-state index in [0.717, 1.165) is 12.2 Å². The van der Waals surface area contributed by atoms with Crippen molar-refractivity contribution in [2.75, 3.05) is 6.79 Å². The fourth-order valence-corrected chi connectivity index (χ4v) is 3.33. The zero-order chi connectivity index (χ0) is 16.9. The van der Waals surface area contributed by atoms with Crippen LogP contribution in [0.5, 0.6) is 0 Å². The van der Waals surface area contributed by atoms with Crippen molar-refractivity contribution in [1.82, 2.24) is 0 Å². The third kappa shape index (κ3) is 3.43. The van der Waals surface area contributed by atoms with Gasteiger partial charge in [0.15, 0.2) is 0 Å². The fourth-order valence-electron chi connectivity index (χ4n) is 3.33. The van der Waals surface area contributed by atoms with Crippen molar-refractivity contribution >= 4 is 0 Å². The summed E-state index contributed by atoms with van der Waals surface area (Å²) in [7, 11) is 0. The molecule has 3 aromatic rings. The summed E-state index contributed by atoms with van der Waals surface area (Å²) in [6.07, 6.45) is 2.63. The summed E-state index contributed by atoms with van der Waals surface area (Å²) in [4.78, 5) is 0. The monoisotopic (exact) mass is 328 g/mol. The van der Waals surface area contributed by atoms with Crippen molar-refractivity contribution in [1.29, 1.82) is 0 Å². The third-order valence-electron chi connectivity index (χ3n) is 4.54. The molecule has 1 aliphatic rings. The second kappa shape index (κ2) is 7.27. The molecule has 0 amide bonds. The lowest BCUT2D eigenvalue weighted by Crippen LogP contribution is -2.09. The lowest BCUT2D eigenvalue weighted by molar-refractivity contribution is 0.0752. The van der Waals surface area contributed by atoms with E-state index in [1.807, 2.05) is 12.1 Å². The van der Waals surface area contributed by atoms with Crippen LogP contribution < -0.4 is 0 Å². The Hall–Kier alpha value is -3.00. The number of ether oxygens (including phenoxy) is 2. The highest BCUT2D eigenvalue weighted by Crippen LogP contribution is 2.37. The third-order valence-corrected chi connectivity index (χ3v) is 4.54. The number of hydrogen-bond acceptors (Lipinski definition) is 2. The summed E-state index contributed by atoms with van der Waals surface area (Å²) in [5.74, 6) is 1.02. The van der Waals surface area contributed by atoms with Gasteiger partial charge in [0, 0.05) is 5.92 Å². The average molecular weight is 328 g/mol. The summed E-state index contributed by atoms with van der Waals surface area (Å²) in [6, 6.07) is 29.6. The Labute approximate surface area is 148 Å².